The standard InChI is InChI=1S/C23H34N4O2/c1-5-6-7-17(12-15(2)3)26-22-10-11-25-23(20(27-22)13-16(4)24)19-9-8-18(28)14-21(19)29/h8-10,13-15,17,26,28-29H,5-7,11-12,24H2,1-4H3/b16-13-. The number of unbranched alkanes of at least 4 members (excludes halogenated alkanes) is 1. The van der Waals surface area contributed by atoms with E-state index in [9.17, 15) is 10.2 Å². The Morgan fingerprint density at radius 3 is 2.69 bits per heavy atom. The van der Waals surface area contributed by atoms with E-state index in [1.54, 1.807) is 19.1 Å². The summed E-state index contributed by atoms with van der Waals surface area (Å²) in [7, 11) is 0. The van der Waals surface area contributed by atoms with Crippen LogP contribution in [-0.2, 0) is 0 Å². The Balaban J connectivity index is 2.35. The van der Waals surface area contributed by atoms with Crippen molar-refractivity contribution in [3.05, 3.63) is 47.4 Å². The molecule has 1 atom stereocenters. The summed E-state index contributed by atoms with van der Waals surface area (Å²) in [6.07, 6.45) is 8.21. The third kappa shape index (κ3) is 6.97. The van der Waals surface area contributed by atoms with Crippen LogP contribution in [0.4, 0.5) is 0 Å². The highest BCUT2D eigenvalue weighted by atomic mass is 16.3. The van der Waals surface area contributed by atoms with Gasteiger partial charge in [0, 0.05) is 23.4 Å². The van der Waals surface area contributed by atoms with Crippen LogP contribution in [0.3, 0.4) is 0 Å². The number of hydrogen-bond acceptors (Lipinski definition) is 6. The summed E-state index contributed by atoms with van der Waals surface area (Å²) in [6.45, 7) is 8.89. The molecule has 1 aromatic rings. The smallest absolute Gasteiger partial charge is 0.128 e. The second kappa shape index (κ2) is 10.7. The number of allylic oxidation sites excluding steroid dienone is 2. The van der Waals surface area contributed by atoms with Crippen molar-refractivity contribution >= 4 is 11.4 Å². The van der Waals surface area contributed by atoms with Gasteiger partial charge < -0.3 is 21.3 Å². The van der Waals surface area contributed by atoms with Crippen LogP contribution in [0.5, 0.6) is 11.5 Å². The molecule has 0 saturated heterocycles. The highest BCUT2D eigenvalue weighted by Crippen LogP contribution is 2.25. The number of aromatic hydroxyl groups is 2. The van der Waals surface area contributed by atoms with Crippen LogP contribution in [0.1, 0.15) is 58.9 Å². The molecular formula is C23H34N4O2. The summed E-state index contributed by atoms with van der Waals surface area (Å²) in [5.41, 5.74) is 8.18. The Morgan fingerprint density at radius 1 is 1.31 bits per heavy atom. The maximum atomic E-state index is 10.3. The molecule has 5 N–H and O–H groups in total. The quantitative estimate of drug-likeness (QED) is 0.499. The van der Waals surface area contributed by atoms with Crippen LogP contribution in [-0.4, -0.2) is 34.2 Å². The number of rotatable bonds is 9. The first kappa shape index (κ1) is 22.5. The SMILES string of the molecule is CCCCC(CC(C)C)NC1=CCN=C(c2ccc(O)cc2O)C(/C=C(/C)N)=N1. The van der Waals surface area contributed by atoms with Crippen LogP contribution in [0.25, 0.3) is 0 Å². The number of nitrogens with one attached hydrogen (secondary N) is 1. The Labute approximate surface area is 174 Å². The van der Waals surface area contributed by atoms with Gasteiger partial charge in [0.2, 0.25) is 0 Å². The normalized spacial score (nSPS) is 16.0. The van der Waals surface area contributed by atoms with Gasteiger partial charge in [0.15, 0.2) is 0 Å². The minimum absolute atomic E-state index is 0.00237. The zero-order valence-corrected chi connectivity index (χ0v) is 17.9. The van der Waals surface area contributed by atoms with Gasteiger partial charge in [-0.3, -0.25) is 4.99 Å². The summed E-state index contributed by atoms with van der Waals surface area (Å²) < 4.78 is 0. The maximum Gasteiger partial charge on any atom is 0.128 e. The topological polar surface area (TPSA) is 103 Å². The minimum Gasteiger partial charge on any atom is -0.508 e. The maximum absolute atomic E-state index is 10.3. The third-order valence-corrected chi connectivity index (χ3v) is 4.63. The molecule has 0 bridgehead atoms. The van der Waals surface area contributed by atoms with Crippen molar-refractivity contribution in [3.63, 3.8) is 0 Å². The lowest BCUT2D eigenvalue weighted by Crippen LogP contribution is -2.30. The number of nitrogens with two attached hydrogens (primary N) is 1. The first-order chi connectivity index (χ1) is 13.8. The highest BCUT2D eigenvalue weighted by Gasteiger charge is 2.19. The lowest BCUT2D eigenvalue weighted by molar-refractivity contribution is 0.412. The Bertz CT molecular complexity index is 818. The molecule has 0 aliphatic carbocycles. The molecular weight excluding hydrogens is 364 g/mol. The van der Waals surface area contributed by atoms with Crippen molar-refractivity contribution in [3.8, 4) is 11.5 Å². The number of benzene rings is 1. The van der Waals surface area contributed by atoms with E-state index < -0.39 is 0 Å². The number of nitrogens with zero attached hydrogens (tertiary/aromatic N) is 2. The molecule has 1 aromatic carbocycles. The van der Waals surface area contributed by atoms with E-state index in [4.69, 9.17) is 10.7 Å². The molecule has 29 heavy (non-hydrogen) atoms. The molecule has 6 heteroatoms. The largest absolute Gasteiger partial charge is 0.508 e. The number of aliphatic imine (C=N–C) groups is 2. The monoisotopic (exact) mass is 398 g/mol. The van der Waals surface area contributed by atoms with Gasteiger partial charge in [0.25, 0.3) is 0 Å². The first-order valence-corrected chi connectivity index (χ1v) is 10.4. The molecule has 2 rings (SSSR count). The van der Waals surface area contributed by atoms with Crippen molar-refractivity contribution in [1.29, 1.82) is 0 Å². The predicted molar refractivity (Wildman–Crippen MR) is 121 cm³/mol. The minimum atomic E-state index is -0.0448. The summed E-state index contributed by atoms with van der Waals surface area (Å²) in [6, 6.07) is 4.81. The summed E-state index contributed by atoms with van der Waals surface area (Å²) >= 11 is 0. The second-order valence-electron chi connectivity index (χ2n) is 7.98. The molecule has 1 heterocycles. The van der Waals surface area contributed by atoms with Gasteiger partial charge in [-0.25, -0.2) is 4.99 Å². The fourth-order valence-corrected chi connectivity index (χ4v) is 3.36. The molecule has 0 saturated carbocycles. The van der Waals surface area contributed by atoms with E-state index in [0.29, 0.717) is 41.2 Å². The number of hydrogen-bond donors (Lipinski definition) is 4. The average Bonchev–Trinajstić information content (AvgIpc) is 2.81. The van der Waals surface area contributed by atoms with Gasteiger partial charge in [-0.2, -0.15) is 0 Å². The van der Waals surface area contributed by atoms with E-state index in [0.717, 1.165) is 25.1 Å². The summed E-state index contributed by atoms with van der Waals surface area (Å²) in [5, 5.41) is 23.5. The second-order valence-corrected chi connectivity index (χ2v) is 7.98. The molecule has 0 aromatic heterocycles. The lowest BCUT2D eigenvalue weighted by Gasteiger charge is -2.22. The average molecular weight is 399 g/mol. The fourth-order valence-electron chi connectivity index (χ4n) is 3.36. The Hall–Kier alpha value is -2.76. The van der Waals surface area contributed by atoms with Gasteiger partial charge in [-0.15, -0.1) is 0 Å². The molecule has 158 valence electrons. The molecule has 0 spiro atoms. The van der Waals surface area contributed by atoms with E-state index in [1.165, 1.54) is 18.6 Å². The van der Waals surface area contributed by atoms with Gasteiger partial charge in [0.1, 0.15) is 17.3 Å². The molecule has 1 aliphatic heterocycles. The first-order valence-electron chi connectivity index (χ1n) is 10.4. The molecule has 6 nitrogen and oxygen atoms in total. The fraction of sp³-hybridized carbons (Fsp3) is 0.478. The van der Waals surface area contributed by atoms with Crippen molar-refractivity contribution in [2.24, 2.45) is 21.6 Å². The Kier molecular flexibility index (Phi) is 8.31. The van der Waals surface area contributed by atoms with E-state index >= 15 is 0 Å². The van der Waals surface area contributed by atoms with E-state index in [1.807, 2.05) is 6.08 Å². The molecule has 0 radical (unpaired) electrons. The van der Waals surface area contributed by atoms with Gasteiger partial charge in [-0.1, -0.05) is 33.6 Å². The summed E-state index contributed by atoms with van der Waals surface area (Å²) in [5.74, 6) is 1.32. The summed E-state index contributed by atoms with van der Waals surface area (Å²) in [4.78, 5) is 9.42. The number of phenolic OH excluding ortho intramolecular Hbond substituents is 2. The molecule has 0 fully saturated rings. The predicted octanol–water partition coefficient (Wildman–Crippen LogP) is 4.24. The Morgan fingerprint density at radius 2 is 2.07 bits per heavy atom. The van der Waals surface area contributed by atoms with E-state index in [2.05, 4.69) is 31.1 Å². The number of phenols is 2. The molecule has 1 aliphatic rings. The van der Waals surface area contributed by atoms with Crippen LogP contribution >= 0.6 is 0 Å². The van der Waals surface area contributed by atoms with Gasteiger partial charge in [-0.05, 0) is 50.0 Å². The van der Waals surface area contributed by atoms with Crippen LogP contribution in [0.15, 0.2) is 51.9 Å². The molecule has 1 unspecified atom stereocenters. The van der Waals surface area contributed by atoms with E-state index in [-0.39, 0.29) is 11.5 Å². The highest BCUT2D eigenvalue weighted by molar-refractivity contribution is 6.52. The van der Waals surface area contributed by atoms with Crippen LogP contribution in [0, 0.1) is 5.92 Å². The van der Waals surface area contributed by atoms with Crippen LogP contribution in [0.2, 0.25) is 0 Å². The van der Waals surface area contributed by atoms with Gasteiger partial charge >= 0.3 is 0 Å². The zero-order chi connectivity index (χ0) is 21.4. The van der Waals surface area contributed by atoms with Crippen molar-refractivity contribution in [1.82, 2.24) is 5.32 Å². The van der Waals surface area contributed by atoms with Crippen molar-refractivity contribution in [2.75, 3.05) is 6.54 Å². The zero-order valence-electron chi connectivity index (χ0n) is 17.9. The molecule has 0 amide bonds. The van der Waals surface area contributed by atoms with Crippen molar-refractivity contribution < 1.29 is 10.2 Å². The van der Waals surface area contributed by atoms with Crippen LogP contribution < -0.4 is 11.1 Å². The lowest BCUT2D eigenvalue weighted by atomic mass is 9.99. The van der Waals surface area contributed by atoms with Gasteiger partial charge in [0.05, 0.1) is 18.0 Å². The van der Waals surface area contributed by atoms with Crippen molar-refractivity contribution in [2.45, 2.75) is 59.4 Å². The third-order valence-electron chi connectivity index (χ3n) is 4.63.